The summed E-state index contributed by atoms with van der Waals surface area (Å²) in [5.74, 6) is 0.281. The number of nitrogens with two attached hydrogens (primary N) is 1. The van der Waals surface area contributed by atoms with Gasteiger partial charge in [-0.25, -0.2) is 0 Å². The van der Waals surface area contributed by atoms with Gasteiger partial charge in [-0.1, -0.05) is 11.6 Å². The van der Waals surface area contributed by atoms with Crippen LogP contribution in [0.5, 0.6) is 5.75 Å². The maximum Gasteiger partial charge on any atom is 0.180 e. The lowest BCUT2D eigenvalue weighted by molar-refractivity contribution is 0.100. The first kappa shape index (κ1) is 11.0. The zero-order valence-corrected chi connectivity index (χ0v) is 9.38. The number of Topliss-reactive ketones (excluding diaryl/α,β-unsaturated/α-hetero) is 1. The average molecular weight is 240 g/mol. The summed E-state index contributed by atoms with van der Waals surface area (Å²) in [6.07, 6.45) is 1.48. The van der Waals surface area contributed by atoms with Gasteiger partial charge in [0, 0.05) is 0 Å². The van der Waals surface area contributed by atoms with Crippen molar-refractivity contribution in [3.8, 4) is 5.75 Å². The third kappa shape index (κ3) is 1.56. The van der Waals surface area contributed by atoms with E-state index in [1.54, 1.807) is 6.07 Å². The lowest BCUT2D eigenvalue weighted by Gasteiger charge is -2.07. The Morgan fingerprint density at radius 1 is 1.62 bits per heavy atom. The Hall–Kier alpha value is -1.52. The van der Waals surface area contributed by atoms with E-state index < -0.39 is 0 Å². The molecule has 0 aliphatic carbocycles. The van der Waals surface area contributed by atoms with Crippen LogP contribution in [0.1, 0.15) is 10.4 Å². The molecule has 0 spiro atoms. The van der Waals surface area contributed by atoms with E-state index >= 15 is 0 Å². The highest BCUT2D eigenvalue weighted by Crippen LogP contribution is 2.36. The standard InChI is InChI=1S/C11H10ClNO3/c1-15-11-6-2-3-16-10(6)7(4-8(11)12)9(14)5-13/h2-4H,5,13H2,1H3. The monoisotopic (exact) mass is 239 g/mol. The first-order chi connectivity index (χ1) is 7.69. The normalized spacial score (nSPS) is 10.7. The number of carbonyl (C=O) groups excluding carboxylic acids is 1. The van der Waals surface area contributed by atoms with Gasteiger partial charge in [0.2, 0.25) is 0 Å². The summed E-state index contributed by atoms with van der Waals surface area (Å²) in [5.41, 5.74) is 6.16. The Bertz CT molecular complexity index is 547. The van der Waals surface area contributed by atoms with Gasteiger partial charge >= 0.3 is 0 Å². The van der Waals surface area contributed by atoms with Crippen molar-refractivity contribution in [3.63, 3.8) is 0 Å². The Morgan fingerprint density at radius 2 is 2.38 bits per heavy atom. The van der Waals surface area contributed by atoms with E-state index in [9.17, 15) is 4.79 Å². The third-order valence-corrected chi connectivity index (χ3v) is 2.61. The number of benzene rings is 1. The quantitative estimate of drug-likeness (QED) is 0.835. The second-order valence-electron chi connectivity index (χ2n) is 3.23. The van der Waals surface area contributed by atoms with Crippen molar-refractivity contribution in [1.82, 2.24) is 0 Å². The van der Waals surface area contributed by atoms with Gasteiger partial charge in [0.05, 0.1) is 35.9 Å². The molecule has 2 aromatic rings. The van der Waals surface area contributed by atoms with Crippen LogP contribution >= 0.6 is 11.6 Å². The van der Waals surface area contributed by atoms with E-state index in [4.69, 9.17) is 26.5 Å². The van der Waals surface area contributed by atoms with Crippen molar-refractivity contribution < 1.29 is 13.9 Å². The lowest BCUT2D eigenvalue weighted by Crippen LogP contribution is -2.13. The number of methoxy groups -OCH3 is 1. The fourth-order valence-corrected chi connectivity index (χ4v) is 1.90. The van der Waals surface area contributed by atoms with Crippen LogP contribution in [-0.4, -0.2) is 19.4 Å². The van der Waals surface area contributed by atoms with E-state index in [0.29, 0.717) is 27.3 Å². The molecule has 0 amide bonds. The molecule has 16 heavy (non-hydrogen) atoms. The number of rotatable bonds is 3. The Morgan fingerprint density at radius 3 is 3.00 bits per heavy atom. The molecular weight excluding hydrogens is 230 g/mol. The molecule has 5 heteroatoms. The number of ether oxygens (including phenoxy) is 1. The molecule has 0 unspecified atom stereocenters. The van der Waals surface area contributed by atoms with Crippen LogP contribution in [0.4, 0.5) is 0 Å². The van der Waals surface area contributed by atoms with Gasteiger partial charge in [0.25, 0.3) is 0 Å². The Kier molecular flexibility index (Phi) is 2.85. The van der Waals surface area contributed by atoms with Crippen molar-refractivity contribution in [2.45, 2.75) is 0 Å². The molecule has 1 aromatic heterocycles. The summed E-state index contributed by atoms with van der Waals surface area (Å²) >= 11 is 6.01. The van der Waals surface area contributed by atoms with Crippen molar-refractivity contribution >= 4 is 28.4 Å². The number of halogens is 1. The van der Waals surface area contributed by atoms with E-state index in [0.717, 1.165) is 0 Å². The predicted octanol–water partition coefficient (Wildman–Crippen LogP) is 2.24. The molecule has 1 aromatic carbocycles. The minimum absolute atomic E-state index is 0.0849. The number of carbonyl (C=O) groups is 1. The first-order valence-electron chi connectivity index (χ1n) is 4.66. The first-order valence-corrected chi connectivity index (χ1v) is 5.03. The van der Waals surface area contributed by atoms with Gasteiger partial charge < -0.3 is 14.9 Å². The molecule has 2 N–H and O–H groups in total. The molecule has 0 saturated carbocycles. The van der Waals surface area contributed by atoms with E-state index in [1.165, 1.54) is 19.4 Å². The van der Waals surface area contributed by atoms with E-state index in [-0.39, 0.29) is 12.3 Å². The fraction of sp³-hybridized carbons (Fsp3) is 0.182. The molecule has 84 valence electrons. The zero-order valence-electron chi connectivity index (χ0n) is 8.62. The number of fused-ring (bicyclic) bond motifs is 1. The van der Waals surface area contributed by atoms with Crippen molar-refractivity contribution in [3.05, 3.63) is 29.0 Å². The van der Waals surface area contributed by atoms with E-state index in [1.807, 2.05) is 0 Å². The fourth-order valence-electron chi connectivity index (χ4n) is 1.61. The molecule has 1 heterocycles. The van der Waals surface area contributed by atoms with Gasteiger partial charge in [-0.15, -0.1) is 0 Å². The van der Waals surface area contributed by atoms with Gasteiger partial charge in [-0.2, -0.15) is 0 Å². The molecule has 0 radical (unpaired) electrons. The Balaban J connectivity index is 2.77. The summed E-state index contributed by atoms with van der Waals surface area (Å²) < 4.78 is 10.4. The predicted molar refractivity (Wildman–Crippen MR) is 61.2 cm³/mol. The molecule has 0 fully saturated rings. The van der Waals surface area contributed by atoms with Crippen molar-refractivity contribution in [2.24, 2.45) is 5.73 Å². The minimum atomic E-state index is -0.218. The summed E-state index contributed by atoms with van der Waals surface area (Å²) in [5, 5.41) is 1.04. The number of hydrogen-bond donors (Lipinski definition) is 1. The molecule has 2 rings (SSSR count). The van der Waals surface area contributed by atoms with E-state index in [2.05, 4.69) is 0 Å². The summed E-state index contributed by atoms with van der Waals surface area (Å²) in [6.45, 7) is -0.0849. The minimum Gasteiger partial charge on any atom is -0.494 e. The molecule has 0 saturated heterocycles. The summed E-state index contributed by atoms with van der Waals surface area (Å²) in [6, 6.07) is 3.22. The van der Waals surface area contributed by atoms with Crippen LogP contribution in [0.2, 0.25) is 5.02 Å². The van der Waals surface area contributed by atoms with Crippen LogP contribution < -0.4 is 10.5 Å². The number of furan rings is 1. The average Bonchev–Trinajstić information content (AvgIpc) is 2.75. The largest absolute Gasteiger partial charge is 0.494 e. The highest BCUT2D eigenvalue weighted by Gasteiger charge is 2.17. The van der Waals surface area contributed by atoms with Crippen molar-refractivity contribution in [1.29, 1.82) is 0 Å². The molecule has 0 aliphatic rings. The maximum absolute atomic E-state index is 11.6. The van der Waals surface area contributed by atoms with Crippen LogP contribution in [-0.2, 0) is 0 Å². The topological polar surface area (TPSA) is 65.5 Å². The smallest absolute Gasteiger partial charge is 0.180 e. The van der Waals surface area contributed by atoms with Gasteiger partial charge in [-0.3, -0.25) is 4.79 Å². The highest BCUT2D eigenvalue weighted by atomic mass is 35.5. The second kappa shape index (κ2) is 4.15. The van der Waals surface area contributed by atoms with Gasteiger partial charge in [0.1, 0.15) is 11.3 Å². The second-order valence-corrected chi connectivity index (χ2v) is 3.64. The maximum atomic E-state index is 11.6. The molecule has 0 bridgehead atoms. The van der Waals surface area contributed by atoms with Crippen LogP contribution in [0.15, 0.2) is 22.8 Å². The Labute approximate surface area is 96.9 Å². The number of ketones is 1. The van der Waals surface area contributed by atoms with Crippen molar-refractivity contribution in [2.75, 3.05) is 13.7 Å². The zero-order chi connectivity index (χ0) is 11.7. The lowest BCUT2D eigenvalue weighted by atomic mass is 10.1. The van der Waals surface area contributed by atoms with Crippen LogP contribution in [0, 0.1) is 0 Å². The van der Waals surface area contributed by atoms with Gasteiger partial charge in [-0.05, 0) is 12.1 Å². The molecular formula is C11H10ClNO3. The number of hydrogen-bond acceptors (Lipinski definition) is 4. The molecule has 0 aliphatic heterocycles. The van der Waals surface area contributed by atoms with Crippen LogP contribution in [0.3, 0.4) is 0 Å². The van der Waals surface area contributed by atoms with Gasteiger partial charge in [0.15, 0.2) is 5.78 Å². The summed E-state index contributed by atoms with van der Waals surface area (Å²) in [4.78, 5) is 11.6. The summed E-state index contributed by atoms with van der Waals surface area (Å²) in [7, 11) is 1.51. The third-order valence-electron chi connectivity index (χ3n) is 2.33. The highest BCUT2D eigenvalue weighted by molar-refractivity contribution is 6.34. The van der Waals surface area contributed by atoms with Crippen LogP contribution in [0.25, 0.3) is 11.0 Å². The SMILES string of the molecule is COc1c(Cl)cc(C(=O)CN)c2occc12. The molecule has 0 atom stereocenters. The molecule has 4 nitrogen and oxygen atoms in total.